The maximum Gasteiger partial charge on any atom is 0.189 e. The van der Waals surface area contributed by atoms with E-state index >= 15 is 0 Å². The molecule has 0 spiro atoms. The standard InChI is InChI=1S/C11H14O2/c1-3-9(4-2)7-11(12)10-5-6-13-8-10/h5-8H,3-4H2,1-2H3. The summed E-state index contributed by atoms with van der Waals surface area (Å²) < 4.78 is 4.83. The van der Waals surface area contributed by atoms with E-state index in [1.54, 1.807) is 12.1 Å². The van der Waals surface area contributed by atoms with Crippen LogP contribution >= 0.6 is 0 Å². The summed E-state index contributed by atoms with van der Waals surface area (Å²) in [5, 5.41) is 0. The molecule has 1 aromatic heterocycles. The highest BCUT2D eigenvalue weighted by molar-refractivity contribution is 6.04. The quantitative estimate of drug-likeness (QED) is 0.523. The summed E-state index contributed by atoms with van der Waals surface area (Å²) in [6, 6.07) is 1.68. The molecule has 1 heterocycles. The Bertz CT molecular complexity index is 288. The minimum absolute atomic E-state index is 0.0347. The molecule has 0 aliphatic carbocycles. The number of allylic oxidation sites excluding steroid dienone is 2. The van der Waals surface area contributed by atoms with Crippen LogP contribution in [0.4, 0.5) is 0 Å². The first kappa shape index (κ1) is 9.78. The van der Waals surface area contributed by atoms with E-state index in [0.717, 1.165) is 12.8 Å². The summed E-state index contributed by atoms with van der Waals surface area (Å²) in [5.41, 5.74) is 1.80. The second kappa shape index (κ2) is 4.65. The van der Waals surface area contributed by atoms with Crippen molar-refractivity contribution >= 4 is 5.78 Å². The Hall–Kier alpha value is -1.31. The Morgan fingerprint density at radius 3 is 2.62 bits per heavy atom. The molecule has 0 aromatic carbocycles. The highest BCUT2D eigenvalue weighted by Crippen LogP contribution is 2.09. The highest BCUT2D eigenvalue weighted by atomic mass is 16.3. The van der Waals surface area contributed by atoms with Gasteiger partial charge in [0.05, 0.1) is 11.8 Å². The van der Waals surface area contributed by atoms with E-state index < -0.39 is 0 Å². The molecule has 2 heteroatoms. The van der Waals surface area contributed by atoms with Crippen molar-refractivity contribution in [3.8, 4) is 0 Å². The Morgan fingerprint density at radius 1 is 1.46 bits per heavy atom. The van der Waals surface area contributed by atoms with Crippen LogP contribution in [0.5, 0.6) is 0 Å². The number of carbonyl (C=O) groups excluding carboxylic acids is 1. The molecule has 0 saturated heterocycles. The van der Waals surface area contributed by atoms with Crippen LogP contribution in [-0.2, 0) is 0 Å². The van der Waals surface area contributed by atoms with Crippen LogP contribution in [0, 0.1) is 0 Å². The molecular formula is C11H14O2. The van der Waals surface area contributed by atoms with Crippen LogP contribution in [0.3, 0.4) is 0 Å². The fraction of sp³-hybridized carbons (Fsp3) is 0.364. The average molecular weight is 178 g/mol. The van der Waals surface area contributed by atoms with E-state index in [4.69, 9.17) is 4.42 Å². The fourth-order valence-electron chi connectivity index (χ4n) is 1.13. The molecule has 0 fully saturated rings. The van der Waals surface area contributed by atoms with Gasteiger partial charge in [0.25, 0.3) is 0 Å². The molecule has 0 unspecified atom stereocenters. The molecule has 2 nitrogen and oxygen atoms in total. The Kier molecular flexibility index (Phi) is 3.50. The van der Waals surface area contributed by atoms with Gasteiger partial charge in [-0.25, -0.2) is 0 Å². The van der Waals surface area contributed by atoms with Gasteiger partial charge in [0.15, 0.2) is 5.78 Å². The molecule has 0 bridgehead atoms. The van der Waals surface area contributed by atoms with E-state index in [9.17, 15) is 4.79 Å². The van der Waals surface area contributed by atoms with Gasteiger partial charge < -0.3 is 4.42 Å². The van der Waals surface area contributed by atoms with Crippen LogP contribution in [0.15, 0.2) is 34.7 Å². The maximum atomic E-state index is 11.5. The molecule has 0 aliphatic heterocycles. The van der Waals surface area contributed by atoms with Crippen molar-refractivity contribution in [2.24, 2.45) is 0 Å². The molecule has 0 saturated carbocycles. The van der Waals surface area contributed by atoms with Crippen LogP contribution in [0.25, 0.3) is 0 Å². The first-order valence-electron chi connectivity index (χ1n) is 4.53. The summed E-state index contributed by atoms with van der Waals surface area (Å²) in [7, 11) is 0. The summed E-state index contributed by atoms with van der Waals surface area (Å²) in [4.78, 5) is 11.5. The summed E-state index contributed by atoms with van der Waals surface area (Å²) >= 11 is 0. The van der Waals surface area contributed by atoms with Gasteiger partial charge in [-0.05, 0) is 25.0 Å². The lowest BCUT2D eigenvalue weighted by Crippen LogP contribution is -1.93. The van der Waals surface area contributed by atoms with Crippen molar-refractivity contribution in [2.45, 2.75) is 26.7 Å². The maximum absolute atomic E-state index is 11.5. The van der Waals surface area contributed by atoms with Crippen LogP contribution < -0.4 is 0 Å². The molecular weight excluding hydrogens is 164 g/mol. The molecule has 0 N–H and O–H groups in total. The van der Waals surface area contributed by atoms with Crippen molar-refractivity contribution in [1.82, 2.24) is 0 Å². The zero-order valence-corrected chi connectivity index (χ0v) is 8.04. The third-order valence-electron chi connectivity index (χ3n) is 2.05. The first-order chi connectivity index (χ1) is 6.27. The number of hydrogen-bond acceptors (Lipinski definition) is 2. The van der Waals surface area contributed by atoms with Gasteiger partial charge in [0, 0.05) is 0 Å². The predicted octanol–water partition coefficient (Wildman–Crippen LogP) is 3.21. The Labute approximate surface area is 78.3 Å². The van der Waals surface area contributed by atoms with Crippen LogP contribution in [0.1, 0.15) is 37.0 Å². The van der Waals surface area contributed by atoms with E-state index in [1.165, 1.54) is 18.1 Å². The third-order valence-corrected chi connectivity index (χ3v) is 2.05. The Balaban J connectivity index is 2.75. The van der Waals surface area contributed by atoms with E-state index in [1.807, 2.05) is 0 Å². The van der Waals surface area contributed by atoms with Gasteiger partial charge in [-0.2, -0.15) is 0 Å². The molecule has 1 rings (SSSR count). The molecule has 13 heavy (non-hydrogen) atoms. The number of rotatable bonds is 4. The topological polar surface area (TPSA) is 30.2 Å². The second-order valence-corrected chi connectivity index (χ2v) is 2.89. The van der Waals surface area contributed by atoms with Gasteiger partial charge >= 0.3 is 0 Å². The normalized spacial score (nSPS) is 9.69. The molecule has 70 valence electrons. The monoisotopic (exact) mass is 178 g/mol. The number of carbonyl (C=O) groups is 1. The van der Waals surface area contributed by atoms with Crippen molar-refractivity contribution in [2.75, 3.05) is 0 Å². The van der Waals surface area contributed by atoms with Gasteiger partial charge in [0.2, 0.25) is 0 Å². The number of furan rings is 1. The lowest BCUT2D eigenvalue weighted by Gasteiger charge is -1.97. The summed E-state index contributed by atoms with van der Waals surface area (Å²) in [5.74, 6) is 0.0347. The molecule has 0 aliphatic rings. The largest absolute Gasteiger partial charge is 0.472 e. The SMILES string of the molecule is CCC(=CC(=O)c1ccoc1)CC. The van der Waals surface area contributed by atoms with Gasteiger partial charge in [-0.1, -0.05) is 19.4 Å². The number of hydrogen-bond donors (Lipinski definition) is 0. The fourth-order valence-corrected chi connectivity index (χ4v) is 1.13. The van der Waals surface area contributed by atoms with Gasteiger partial charge in [-0.15, -0.1) is 0 Å². The van der Waals surface area contributed by atoms with Crippen molar-refractivity contribution in [3.05, 3.63) is 35.8 Å². The van der Waals surface area contributed by atoms with Crippen LogP contribution in [-0.4, -0.2) is 5.78 Å². The summed E-state index contributed by atoms with van der Waals surface area (Å²) in [6.07, 6.45) is 6.55. The number of ketones is 1. The van der Waals surface area contributed by atoms with Crippen molar-refractivity contribution in [3.63, 3.8) is 0 Å². The average Bonchev–Trinajstić information content (AvgIpc) is 2.66. The van der Waals surface area contributed by atoms with E-state index in [0.29, 0.717) is 5.56 Å². The minimum Gasteiger partial charge on any atom is -0.472 e. The lowest BCUT2D eigenvalue weighted by molar-refractivity contribution is 0.104. The smallest absolute Gasteiger partial charge is 0.189 e. The second-order valence-electron chi connectivity index (χ2n) is 2.89. The first-order valence-corrected chi connectivity index (χ1v) is 4.53. The van der Waals surface area contributed by atoms with Crippen molar-refractivity contribution < 1.29 is 9.21 Å². The van der Waals surface area contributed by atoms with Gasteiger partial charge in [-0.3, -0.25) is 4.79 Å². The minimum atomic E-state index is 0.0347. The van der Waals surface area contributed by atoms with E-state index in [-0.39, 0.29) is 5.78 Å². The van der Waals surface area contributed by atoms with Crippen LogP contribution in [0.2, 0.25) is 0 Å². The zero-order chi connectivity index (χ0) is 9.68. The highest BCUT2D eigenvalue weighted by Gasteiger charge is 2.03. The van der Waals surface area contributed by atoms with E-state index in [2.05, 4.69) is 13.8 Å². The zero-order valence-electron chi connectivity index (χ0n) is 8.04. The summed E-state index contributed by atoms with van der Waals surface area (Å²) in [6.45, 7) is 4.11. The lowest BCUT2D eigenvalue weighted by atomic mass is 10.1. The Morgan fingerprint density at radius 2 is 2.15 bits per heavy atom. The molecule has 0 atom stereocenters. The molecule has 0 amide bonds. The van der Waals surface area contributed by atoms with Gasteiger partial charge in [0.1, 0.15) is 6.26 Å². The molecule has 1 aromatic rings. The predicted molar refractivity (Wildman–Crippen MR) is 51.7 cm³/mol. The molecule has 0 radical (unpaired) electrons. The van der Waals surface area contributed by atoms with Crippen molar-refractivity contribution in [1.29, 1.82) is 0 Å². The third kappa shape index (κ3) is 2.58.